The van der Waals surface area contributed by atoms with Crippen molar-refractivity contribution in [3.05, 3.63) is 101 Å². The molecular formula is C26H20N2O3S. The summed E-state index contributed by atoms with van der Waals surface area (Å²) in [5.41, 5.74) is 4.19. The molecule has 1 amide bonds. The maximum atomic E-state index is 13.2. The smallest absolute Gasteiger partial charge is 0.301 e. The van der Waals surface area contributed by atoms with Gasteiger partial charge in [-0.05, 0) is 37.1 Å². The number of carbonyl (C=O) groups excluding carboxylic acids is 2. The van der Waals surface area contributed by atoms with Crippen molar-refractivity contribution in [3.63, 3.8) is 0 Å². The fourth-order valence-electron chi connectivity index (χ4n) is 3.97. The first kappa shape index (κ1) is 20.2. The van der Waals surface area contributed by atoms with Crippen LogP contribution in [0.5, 0.6) is 0 Å². The van der Waals surface area contributed by atoms with Gasteiger partial charge in [0.15, 0.2) is 5.13 Å². The van der Waals surface area contributed by atoms with Crippen LogP contribution in [0.25, 0.3) is 16.0 Å². The van der Waals surface area contributed by atoms with Crippen LogP contribution in [-0.4, -0.2) is 21.8 Å². The standard InChI is InChI=1S/C26H20N2O3S/c1-15-8-11-18(12-9-15)23(29)21-22(17-6-4-3-5-7-17)28(25(31)24(21)30)26-27-19-13-10-16(2)14-20(19)32-26/h3-14,22,29H,1-2H3/b23-21+/t22-/m1/s1. The monoisotopic (exact) mass is 440 g/mol. The zero-order valence-corrected chi connectivity index (χ0v) is 18.4. The highest BCUT2D eigenvalue weighted by Crippen LogP contribution is 2.44. The van der Waals surface area contributed by atoms with Gasteiger partial charge in [0.05, 0.1) is 21.8 Å². The van der Waals surface area contributed by atoms with Gasteiger partial charge in [-0.15, -0.1) is 0 Å². The van der Waals surface area contributed by atoms with Crippen LogP contribution in [0.2, 0.25) is 0 Å². The molecule has 6 heteroatoms. The Morgan fingerprint density at radius 1 is 0.938 bits per heavy atom. The summed E-state index contributed by atoms with van der Waals surface area (Å²) >= 11 is 1.36. The van der Waals surface area contributed by atoms with Crippen molar-refractivity contribution in [2.24, 2.45) is 0 Å². The molecule has 1 atom stereocenters. The fraction of sp³-hybridized carbons (Fsp3) is 0.115. The maximum absolute atomic E-state index is 13.2. The molecule has 0 saturated carbocycles. The number of ketones is 1. The Labute approximate surface area is 189 Å². The molecule has 1 aliphatic heterocycles. The van der Waals surface area contributed by atoms with Crippen LogP contribution in [-0.2, 0) is 9.59 Å². The van der Waals surface area contributed by atoms with Gasteiger partial charge in [0.2, 0.25) is 0 Å². The zero-order chi connectivity index (χ0) is 22.4. The summed E-state index contributed by atoms with van der Waals surface area (Å²) in [6, 6.07) is 21.6. The molecule has 0 spiro atoms. The number of fused-ring (bicyclic) bond motifs is 1. The van der Waals surface area contributed by atoms with Gasteiger partial charge in [0.25, 0.3) is 5.78 Å². The topological polar surface area (TPSA) is 70.5 Å². The molecule has 0 unspecified atom stereocenters. The van der Waals surface area contributed by atoms with E-state index in [2.05, 4.69) is 4.98 Å². The van der Waals surface area contributed by atoms with E-state index in [4.69, 9.17) is 0 Å². The fourth-order valence-corrected chi connectivity index (χ4v) is 5.06. The molecule has 2 heterocycles. The lowest BCUT2D eigenvalue weighted by molar-refractivity contribution is -0.132. The molecule has 5 nitrogen and oxygen atoms in total. The average molecular weight is 441 g/mol. The van der Waals surface area contributed by atoms with E-state index in [1.807, 2.05) is 74.5 Å². The Hall–Kier alpha value is -3.77. The van der Waals surface area contributed by atoms with Gasteiger partial charge >= 0.3 is 5.91 Å². The number of anilines is 1. The number of amides is 1. The number of Topliss-reactive ketones (excluding diaryl/α,β-unsaturated/α-hetero) is 1. The van der Waals surface area contributed by atoms with E-state index in [1.54, 1.807) is 12.1 Å². The number of hydrogen-bond acceptors (Lipinski definition) is 5. The average Bonchev–Trinajstić information content (AvgIpc) is 3.32. The number of nitrogens with zero attached hydrogens (tertiary/aromatic N) is 2. The van der Waals surface area contributed by atoms with Crippen LogP contribution in [0.1, 0.15) is 28.3 Å². The van der Waals surface area contributed by atoms with Crippen molar-refractivity contribution in [3.8, 4) is 0 Å². The van der Waals surface area contributed by atoms with E-state index in [9.17, 15) is 14.7 Å². The lowest BCUT2D eigenvalue weighted by Gasteiger charge is -2.22. The summed E-state index contributed by atoms with van der Waals surface area (Å²) < 4.78 is 0.937. The molecule has 1 aromatic heterocycles. The highest BCUT2D eigenvalue weighted by molar-refractivity contribution is 7.22. The third kappa shape index (κ3) is 3.29. The summed E-state index contributed by atoms with van der Waals surface area (Å²) in [7, 11) is 0. The van der Waals surface area contributed by atoms with E-state index in [1.165, 1.54) is 16.2 Å². The van der Waals surface area contributed by atoms with Crippen molar-refractivity contribution >= 4 is 44.1 Å². The molecule has 0 aliphatic carbocycles. The lowest BCUT2D eigenvalue weighted by atomic mass is 9.95. The number of thiazole rings is 1. The number of hydrogen-bond donors (Lipinski definition) is 1. The van der Waals surface area contributed by atoms with Gasteiger partial charge in [-0.2, -0.15) is 0 Å². The Morgan fingerprint density at radius 2 is 1.62 bits per heavy atom. The predicted molar refractivity (Wildman–Crippen MR) is 127 cm³/mol. The minimum atomic E-state index is -0.765. The second-order valence-electron chi connectivity index (χ2n) is 7.91. The minimum Gasteiger partial charge on any atom is -0.507 e. The number of aromatic nitrogens is 1. The second kappa shape index (κ2) is 7.73. The Morgan fingerprint density at radius 3 is 2.34 bits per heavy atom. The van der Waals surface area contributed by atoms with Gasteiger partial charge in [-0.3, -0.25) is 14.5 Å². The number of benzene rings is 3. The van der Waals surface area contributed by atoms with Crippen LogP contribution in [0.4, 0.5) is 5.13 Å². The van der Waals surface area contributed by atoms with Crippen LogP contribution >= 0.6 is 11.3 Å². The predicted octanol–water partition coefficient (Wildman–Crippen LogP) is 5.54. The van der Waals surface area contributed by atoms with E-state index in [0.717, 1.165) is 26.9 Å². The molecule has 4 aromatic rings. The van der Waals surface area contributed by atoms with Gasteiger partial charge in [-0.25, -0.2) is 4.98 Å². The van der Waals surface area contributed by atoms with Crippen LogP contribution < -0.4 is 4.90 Å². The molecule has 1 N–H and O–H groups in total. The summed E-state index contributed by atoms with van der Waals surface area (Å²) in [6.45, 7) is 3.94. The largest absolute Gasteiger partial charge is 0.507 e. The number of aliphatic hydroxyl groups is 1. The molecular weight excluding hydrogens is 420 g/mol. The highest BCUT2D eigenvalue weighted by atomic mass is 32.1. The van der Waals surface area contributed by atoms with Crippen molar-refractivity contribution in [1.29, 1.82) is 0 Å². The Balaban J connectivity index is 1.72. The molecule has 1 aliphatic rings. The van der Waals surface area contributed by atoms with Crippen molar-refractivity contribution in [2.75, 3.05) is 4.90 Å². The minimum absolute atomic E-state index is 0.0699. The van der Waals surface area contributed by atoms with Crippen LogP contribution in [0.3, 0.4) is 0 Å². The van der Waals surface area contributed by atoms with E-state index in [0.29, 0.717) is 10.7 Å². The van der Waals surface area contributed by atoms with Gasteiger partial charge in [0, 0.05) is 5.56 Å². The van der Waals surface area contributed by atoms with Gasteiger partial charge < -0.3 is 5.11 Å². The summed E-state index contributed by atoms with van der Waals surface area (Å²) in [6.07, 6.45) is 0. The molecule has 0 radical (unpaired) electrons. The Bertz CT molecular complexity index is 1390. The number of aliphatic hydroxyl groups excluding tert-OH is 1. The van der Waals surface area contributed by atoms with Crippen molar-refractivity contribution in [2.45, 2.75) is 19.9 Å². The molecule has 0 bridgehead atoms. The molecule has 158 valence electrons. The zero-order valence-electron chi connectivity index (χ0n) is 17.6. The SMILES string of the molecule is Cc1ccc(/C(O)=C2\C(=O)C(=O)N(c3nc4ccc(C)cc4s3)[C@@H]2c2ccccc2)cc1. The summed E-state index contributed by atoms with van der Waals surface area (Å²) in [5.74, 6) is -1.59. The highest BCUT2D eigenvalue weighted by Gasteiger charge is 2.48. The van der Waals surface area contributed by atoms with E-state index in [-0.39, 0.29) is 11.3 Å². The van der Waals surface area contributed by atoms with Crippen LogP contribution in [0, 0.1) is 13.8 Å². The molecule has 5 rings (SSSR count). The second-order valence-corrected chi connectivity index (χ2v) is 8.92. The third-order valence-electron chi connectivity index (χ3n) is 5.62. The number of carbonyl (C=O) groups is 2. The lowest BCUT2D eigenvalue weighted by Crippen LogP contribution is -2.29. The van der Waals surface area contributed by atoms with Crippen molar-refractivity contribution in [1.82, 2.24) is 4.98 Å². The molecule has 32 heavy (non-hydrogen) atoms. The Kier molecular flexibility index (Phi) is 4.87. The van der Waals surface area contributed by atoms with Crippen molar-refractivity contribution < 1.29 is 14.7 Å². The molecule has 1 fully saturated rings. The van der Waals surface area contributed by atoms with E-state index < -0.39 is 17.7 Å². The maximum Gasteiger partial charge on any atom is 0.301 e. The first-order chi connectivity index (χ1) is 15.4. The first-order valence-electron chi connectivity index (χ1n) is 10.2. The number of rotatable bonds is 3. The first-order valence-corrected chi connectivity index (χ1v) is 11.1. The quantitative estimate of drug-likeness (QED) is 0.258. The third-order valence-corrected chi connectivity index (χ3v) is 6.64. The molecule has 1 saturated heterocycles. The number of aryl methyl sites for hydroxylation is 2. The molecule has 3 aromatic carbocycles. The summed E-state index contributed by atoms with van der Waals surface area (Å²) in [5, 5.41) is 11.6. The van der Waals surface area contributed by atoms with Gasteiger partial charge in [0.1, 0.15) is 5.76 Å². The van der Waals surface area contributed by atoms with E-state index >= 15 is 0 Å². The normalized spacial score (nSPS) is 17.9. The summed E-state index contributed by atoms with van der Waals surface area (Å²) in [4.78, 5) is 32.5. The van der Waals surface area contributed by atoms with Crippen LogP contribution in [0.15, 0.2) is 78.4 Å². The van der Waals surface area contributed by atoms with Gasteiger partial charge in [-0.1, -0.05) is 77.6 Å².